The molecule has 0 rings (SSSR count). The Morgan fingerprint density at radius 2 is 1.92 bits per heavy atom. The molecule has 1 N–H and O–H groups in total. The minimum Gasteiger partial charge on any atom is -0.315 e. The second-order valence-electron chi connectivity index (χ2n) is 3.64. The van der Waals surface area contributed by atoms with E-state index < -0.39 is 0 Å². The van der Waals surface area contributed by atoms with Gasteiger partial charge in [-0.3, -0.25) is 0 Å². The van der Waals surface area contributed by atoms with Crippen LogP contribution in [0, 0.1) is 5.92 Å². The van der Waals surface area contributed by atoms with Gasteiger partial charge >= 0.3 is 0 Å². The van der Waals surface area contributed by atoms with E-state index in [-0.39, 0.29) is 0 Å². The van der Waals surface area contributed by atoms with Crippen LogP contribution in [0.25, 0.3) is 0 Å². The molecule has 0 heterocycles. The van der Waals surface area contributed by atoms with Gasteiger partial charge in [0.2, 0.25) is 0 Å². The summed E-state index contributed by atoms with van der Waals surface area (Å²) in [5.41, 5.74) is 0. The topological polar surface area (TPSA) is 15.3 Å². The molecule has 2 unspecified atom stereocenters. The third-order valence-electron chi connectivity index (χ3n) is 2.75. The summed E-state index contributed by atoms with van der Waals surface area (Å²) in [4.78, 5) is 2.35. The summed E-state index contributed by atoms with van der Waals surface area (Å²) in [6.07, 6.45) is 1.25. The standard InChI is InChI=1S/C10H24N2/c1-6-9(3)10(11-4)8-12(5)7-2/h9-11H,6-8H2,1-5H3. The van der Waals surface area contributed by atoms with Crippen LogP contribution in [0.15, 0.2) is 0 Å². The average molecular weight is 172 g/mol. The van der Waals surface area contributed by atoms with E-state index in [1.54, 1.807) is 0 Å². The fraction of sp³-hybridized carbons (Fsp3) is 1.00. The molecule has 0 amide bonds. The second-order valence-corrected chi connectivity index (χ2v) is 3.64. The van der Waals surface area contributed by atoms with Crippen molar-refractivity contribution in [2.45, 2.75) is 33.2 Å². The molecule has 0 radical (unpaired) electrons. The van der Waals surface area contributed by atoms with Gasteiger partial charge in [-0.2, -0.15) is 0 Å². The van der Waals surface area contributed by atoms with Crippen molar-refractivity contribution in [3.05, 3.63) is 0 Å². The zero-order valence-corrected chi connectivity index (χ0v) is 9.22. The molecule has 0 bridgehead atoms. The van der Waals surface area contributed by atoms with E-state index in [2.05, 4.69) is 45.1 Å². The predicted molar refractivity (Wildman–Crippen MR) is 55.5 cm³/mol. The summed E-state index contributed by atoms with van der Waals surface area (Å²) in [6.45, 7) is 9.05. The number of likely N-dealkylation sites (N-methyl/N-ethyl adjacent to an activating group) is 2. The Hall–Kier alpha value is -0.0800. The van der Waals surface area contributed by atoms with E-state index in [0.29, 0.717) is 6.04 Å². The van der Waals surface area contributed by atoms with Crippen LogP contribution >= 0.6 is 0 Å². The number of nitrogens with one attached hydrogen (secondary N) is 1. The maximum Gasteiger partial charge on any atom is 0.0217 e. The van der Waals surface area contributed by atoms with E-state index in [4.69, 9.17) is 0 Å². The summed E-state index contributed by atoms with van der Waals surface area (Å²) < 4.78 is 0. The van der Waals surface area contributed by atoms with Gasteiger partial charge < -0.3 is 10.2 Å². The molecule has 2 heteroatoms. The van der Waals surface area contributed by atoms with Crippen molar-refractivity contribution in [3.8, 4) is 0 Å². The monoisotopic (exact) mass is 172 g/mol. The van der Waals surface area contributed by atoms with Crippen LogP contribution in [0.3, 0.4) is 0 Å². The average Bonchev–Trinajstić information content (AvgIpc) is 2.12. The second kappa shape index (κ2) is 6.44. The maximum atomic E-state index is 3.38. The molecule has 0 saturated carbocycles. The first-order valence-corrected chi connectivity index (χ1v) is 5.01. The Morgan fingerprint density at radius 1 is 1.33 bits per heavy atom. The van der Waals surface area contributed by atoms with E-state index in [0.717, 1.165) is 19.0 Å². The smallest absolute Gasteiger partial charge is 0.0217 e. The third-order valence-corrected chi connectivity index (χ3v) is 2.75. The van der Waals surface area contributed by atoms with E-state index in [1.165, 1.54) is 6.42 Å². The molecule has 0 fully saturated rings. The molecule has 2 atom stereocenters. The Bertz CT molecular complexity index is 104. The van der Waals surface area contributed by atoms with Crippen LogP contribution in [-0.2, 0) is 0 Å². The Kier molecular flexibility index (Phi) is 6.39. The highest BCUT2D eigenvalue weighted by molar-refractivity contribution is 4.73. The highest BCUT2D eigenvalue weighted by Gasteiger charge is 2.14. The summed E-state index contributed by atoms with van der Waals surface area (Å²) in [6, 6.07) is 0.639. The van der Waals surface area contributed by atoms with Gasteiger partial charge in [-0.1, -0.05) is 27.2 Å². The minimum atomic E-state index is 0.639. The highest BCUT2D eigenvalue weighted by atomic mass is 15.1. The first kappa shape index (κ1) is 11.9. The Morgan fingerprint density at radius 3 is 2.25 bits per heavy atom. The van der Waals surface area contributed by atoms with Crippen LogP contribution in [0.2, 0.25) is 0 Å². The molecule has 0 aliphatic rings. The lowest BCUT2D eigenvalue weighted by atomic mass is 9.99. The largest absolute Gasteiger partial charge is 0.315 e. The Balaban J connectivity index is 3.81. The summed E-state index contributed by atoms with van der Waals surface area (Å²) >= 11 is 0. The number of rotatable bonds is 6. The van der Waals surface area contributed by atoms with Gasteiger partial charge in [0.25, 0.3) is 0 Å². The predicted octanol–water partition coefficient (Wildman–Crippen LogP) is 1.57. The third kappa shape index (κ3) is 4.07. The minimum absolute atomic E-state index is 0.639. The molecular weight excluding hydrogens is 148 g/mol. The van der Waals surface area contributed by atoms with Gasteiger partial charge in [0.1, 0.15) is 0 Å². The van der Waals surface area contributed by atoms with Crippen LogP contribution in [0.5, 0.6) is 0 Å². The summed E-state index contributed by atoms with van der Waals surface area (Å²) in [7, 11) is 4.23. The molecule has 0 aromatic heterocycles. The highest BCUT2D eigenvalue weighted by Crippen LogP contribution is 2.07. The fourth-order valence-electron chi connectivity index (χ4n) is 1.31. The van der Waals surface area contributed by atoms with Crippen molar-refractivity contribution in [1.82, 2.24) is 10.2 Å². The van der Waals surface area contributed by atoms with Crippen molar-refractivity contribution in [1.29, 1.82) is 0 Å². The molecule has 2 nitrogen and oxygen atoms in total. The van der Waals surface area contributed by atoms with Crippen LogP contribution < -0.4 is 5.32 Å². The number of hydrogen-bond donors (Lipinski definition) is 1. The van der Waals surface area contributed by atoms with Gasteiger partial charge in [-0.25, -0.2) is 0 Å². The lowest BCUT2D eigenvalue weighted by Gasteiger charge is -2.27. The van der Waals surface area contributed by atoms with Crippen molar-refractivity contribution in [2.75, 3.05) is 27.2 Å². The maximum absolute atomic E-state index is 3.38. The quantitative estimate of drug-likeness (QED) is 0.654. The lowest BCUT2D eigenvalue weighted by Crippen LogP contribution is -2.41. The van der Waals surface area contributed by atoms with Gasteiger partial charge in [-0.15, -0.1) is 0 Å². The molecule has 0 aromatic carbocycles. The van der Waals surface area contributed by atoms with Gasteiger partial charge in [0.15, 0.2) is 0 Å². The Labute approximate surface area is 77.3 Å². The first-order valence-electron chi connectivity index (χ1n) is 5.01. The van der Waals surface area contributed by atoms with Crippen LogP contribution in [0.1, 0.15) is 27.2 Å². The molecule has 0 aliphatic heterocycles. The SMILES string of the molecule is CCC(C)C(CN(C)CC)NC. The normalized spacial score (nSPS) is 16.5. The van der Waals surface area contributed by atoms with E-state index in [1.807, 2.05) is 0 Å². The van der Waals surface area contributed by atoms with Gasteiger partial charge in [-0.05, 0) is 26.6 Å². The summed E-state index contributed by atoms with van der Waals surface area (Å²) in [5, 5.41) is 3.38. The number of hydrogen-bond acceptors (Lipinski definition) is 2. The van der Waals surface area contributed by atoms with Crippen LogP contribution in [0.4, 0.5) is 0 Å². The van der Waals surface area contributed by atoms with Crippen molar-refractivity contribution >= 4 is 0 Å². The zero-order chi connectivity index (χ0) is 9.56. The molecule has 0 aliphatic carbocycles. The molecule has 12 heavy (non-hydrogen) atoms. The van der Waals surface area contributed by atoms with Crippen molar-refractivity contribution in [3.63, 3.8) is 0 Å². The van der Waals surface area contributed by atoms with Crippen molar-refractivity contribution in [2.24, 2.45) is 5.92 Å². The molecular formula is C10H24N2. The van der Waals surface area contributed by atoms with Crippen molar-refractivity contribution < 1.29 is 0 Å². The van der Waals surface area contributed by atoms with Gasteiger partial charge in [0, 0.05) is 12.6 Å². The number of nitrogens with zero attached hydrogens (tertiary/aromatic N) is 1. The van der Waals surface area contributed by atoms with E-state index >= 15 is 0 Å². The lowest BCUT2D eigenvalue weighted by molar-refractivity contribution is 0.261. The molecule has 74 valence electrons. The zero-order valence-electron chi connectivity index (χ0n) is 9.22. The molecule has 0 spiro atoms. The van der Waals surface area contributed by atoms with E-state index in [9.17, 15) is 0 Å². The summed E-state index contributed by atoms with van der Waals surface area (Å²) in [5.74, 6) is 0.768. The molecule has 0 aromatic rings. The first-order chi connectivity index (χ1) is 5.65. The van der Waals surface area contributed by atoms with Gasteiger partial charge in [0.05, 0.1) is 0 Å². The fourth-order valence-corrected chi connectivity index (χ4v) is 1.31. The molecule has 0 saturated heterocycles. The van der Waals surface area contributed by atoms with Crippen LogP contribution in [-0.4, -0.2) is 38.1 Å².